The molecule has 1 aliphatic heterocycles. The van der Waals surface area contributed by atoms with E-state index in [4.69, 9.17) is 0 Å². The quantitative estimate of drug-likeness (QED) is 0.891. The SMILES string of the molecule is O=C1CCC(CNCc2csc(-c3ccc(F)cc3)n2)N1. The molecule has 0 saturated carbocycles. The van der Waals surface area contributed by atoms with Gasteiger partial charge in [0.2, 0.25) is 5.91 Å². The molecule has 1 atom stereocenters. The lowest BCUT2D eigenvalue weighted by Crippen LogP contribution is -2.35. The summed E-state index contributed by atoms with van der Waals surface area (Å²) < 4.78 is 12.9. The van der Waals surface area contributed by atoms with Gasteiger partial charge in [-0.1, -0.05) is 0 Å². The van der Waals surface area contributed by atoms with Crippen molar-refractivity contribution < 1.29 is 9.18 Å². The van der Waals surface area contributed by atoms with E-state index < -0.39 is 0 Å². The molecule has 3 rings (SSSR count). The van der Waals surface area contributed by atoms with Crippen LogP contribution in [-0.4, -0.2) is 23.5 Å². The highest BCUT2D eigenvalue weighted by Gasteiger charge is 2.19. The summed E-state index contributed by atoms with van der Waals surface area (Å²) in [6, 6.07) is 6.58. The zero-order valence-corrected chi connectivity index (χ0v) is 12.3. The Bertz CT molecular complexity index is 626. The third kappa shape index (κ3) is 3.65. The van der Waals surface area contributed by atoms with E-state index in [0.29, 0.717) is 13.0 Å². The highest BCUT2D eigenvalue weighted by Crippen LogP contribution is 2.23. The first-order valence-electron chi connectivity index (χ1n) is 6.91. The number of hydrogen-bond acceptors (Lipinski definition) is 4. The summed E-state index contributed by atoms with van der Waals surface area (Å²) in [5.41, 5.74) is 1.89. The highest BCUT2D eigenvalue weighted by molar-refractivity contribution is 7.13. The molecule has 0 bridgehead atoms. The molecule has 21 heavy (non-hydrogen) atoms. The largest absolute Gasteiger partial charge is 0.352 e. The maximum absolute atomic E-state index is 12.9. The minimum Gasteiger partial charge on any atom is -0.352 e. The number of nitrogens with one attached hydrogen (secondary N) is 2. The van der Waals surface area contributed by atoms with Crippen molar-refractivity contribution in [2.45, 2.75) is 25.4 Å². The van der Waals surface area contributed by atoms with E-state index in [-0.39, 0.29) is 17.8 Å². The lowest BCUT2D eigenvalue weighted by Gasteiger charge is -2.09. The minimum atomic E-state index is -0.240. The van der Waals surface area contributed by atoms with Crippen LogP contribution in [0.3, 0.4) is 0 Å². The van der Waals surface area contributed by atoms with Gasteiger partial charge in [-0.15, -0.1) is 11.3 Å². The Kier molecular flexibility index (Phi) is 4.26. The van der Waals surface area contributed by atoms with Gasteiger partial charge in [-0.3, -0.25) is 4.79 Å². The topological polar surface area (TPSA) is 54.0 Å². The van der Waals surface area contributed by atoms with E-state index in [1.165, 1.54) is 12.1 Å². The Balaban J connectivity index is 1.53. The molecule has 1 aromatic heterocycles. The fraction of sp³-hybridized carbons (Fsp3) is 0.333. The molecular formula is C15H16FN3OS. The molecule has 1 aromatic carbocycles. The zero-order valence-electron chi connectivity index (χ0n) is 11.4. The van der Waals surface area contributed by atoms with Gasteiger partial charge in [0, 0.05) is 36.5 Å². The van der Waals surface area contributed by atoms with Crippen LogP contribution in [0.15, 0.2) is 29.6 Å². The van der Waals surface area contributed by atoms with Crippen LogP contribution in [0, 0.1) is 5.82 Å². The summed E-state index contributed by atoms with van der Waals surface area (Å²) in [5, 5.41) is 9.12. The summed E-state index contributed by atoms with van der Waals surface area (Å²) in [7, 11) is 0. The average molecular weight is 305 g/mol. The minimum absolute atomic E-state index is 0.133. The second-order valence-corrected chi connectivity index (χ2v) is 5.94. The van der Waals surface area contributed by atoms with E-state index >= 15 is 0 Å². The highest BCUT2D eigenvalue weighted by atomic mass is 32.1. The van der Waals surface area contributed by atoms with Crippen molar-refractivity contribution in [3.05, 3.63) is 41.2 Å². The fourth-order valence-corrected chi connectivity index (χ4v) is 3.14. The second-order valence-electron chi connectivity index (χ2n) is 5.08. The van der Waals surface area contributed by atoms with Crippen LogP contribution in [0.25, 0.3) is 10.6 Å². The molecule has 1 fully saturated rings. The number of carbonyl (C=O) groups is 1. The van der Waals surface area contributed by atoms with E-state index in [9.17, 15) is 9.18 Å². The molecule has 1 saturated heterocycles. The van der Waals surface area contributed by atoms with Crippen molar-refractivity contribution in [1.29, 1.82) is 0 Å². The lowest BCUT2D eigenvalue weighted by molar-refractivity contribution is -0.119. The van der Waals surface area contributed by atoms with Gasteiger partial charge in [0.1, 0.15) is 10.8 Å². The van der Waals surface area contributed by atoms with Crippen LogP contribution < -0.4 is 10.6 Å². The van der Waals surface area contributed by atoms with Gasteiger partial charge >= 0.3 is 0 Å². The molecule has 2 heterocycles. The smallest absolute Gasteiger partial charge is 0.220 e. The van der Waals surface area contributed by atoms with Gasteiger partial charge in [0.15, 0.2) is 0 Å². The molecular weight excluding hydrogens is 289 g/mol. The predicted octanol–water partition coefficient (Wildman–Crippen LogP) is 2.32. The molecule has 2 N–H and O–H groups in total. The van der Waals surface area contributed by atoms with Crippen LogP contribution in [0.2, 0.25) is 0 Å². The standard InChI is InChI=1S/C15H16FN3OS/c16-11-3-1-10(2-4-11)15-19-13(9-21-15)8-17-7-12-5-6-14(20)18-12/h1-4,9,12,17H,5-8H2,(H,18,20). The summed E-state index contributed by atoms with van der Waals surface area (Å²) >= 11 is 1.55. The van der Waals surface area contributed by atoms with Crippen molar-refractivity contribution in [2.24, 2.45) is 0 Å². The second kappa shape index (κ2) is 6.32. The van der Waals surface area contributed by atoms with E-state index in [2.05, 4.69) is 15.6 Å². The maximum atomic E-state index is 12.9. The van der Waals surface area contributed by atoms with Gasteiger partial charge in [0.05, 0.1) is 5.69 Å². The van der Waals surface area contributed by atoms with Gasteiger partial charge in [-0.05, 0) is 30.7 Å². The van der Waals surface area contributed by atoms with Crippen molar-refractivity contribution in [2.75, 3.05) is 6.54 Å². The van der Waals surface area contributed by atoms with Crippen LogP contribution >= 0.6 is 11.3 Å². The summed E-state index contributed by atoms with van der Waals surface area (Å²) in [4.78, 5) is 15.6. The van der Waals surface area contributed by atoms with E-state index in [0.717, 1.165) is 29.2 Å². The number of hydrogen-bond donors (Lipinski definition) is 2. The van der Waals surface area contributed by atoms with Gasteiger partial charge in [-0.25, -0.2) is 9.37 Å². The molecule has 6 heteroatoms. The van der Waals surface area contributed by atoms with Gasteiger partial charge in [-0.2, -0.15) is 0 Å². The number of carbonyl (C=O) groups excluding carboxylic acids is 1. The zero-order chi connectivity index (χ0) is 14.7. The summed E-state index contributed by atoms with van der Waals surface area (Å²) in [5.74, 6) is -0.107. The Labute approximate surface area is 126 Å². The lowest BCUT2D eigenvalue weighted by atomic mass is 10.2. The molecule has 0 aliphatic carbocycles. The molecule has 0 spiro atoms. The average Bonchev–Trinajstić information content (AvgIpc) is 3.09. The van der Waals surface area contributed by atoms with Gasteiger partial charge in [0.25, 0.3) is 0 Å². The van der Waals surface area contributed by atoms with Crippen LogP contribution in [0.4, 0.5) is 4.39 Å². The number of benzene rings is 1. The van der Waals surface area contributed by atoms with Crippen molar-refractivity contribution in [3.8, 4) is 10.6 Å². The van der Waals surface area contributed by atoms with Crippen molar-refractivity contribution in [3.63, 3.8) is 0 Å². The van der Waals surface area contributed by atoms with Crippen molar-refractivity contribution in [1.82, 2.24) is 15.6 Å². The summed E-state index contributed by atoms with van der Waals surface area (Å²) in [6.07, 6.45) is 1.52. The molecule has 0 radical (unpaired) electrons. The molecule has 110 valence electrons. The monoisotopic (exact) mass is 305 g/mol. The number of thiazole rings is 1. The Morgan fingerprint density at radius 2 is 2.19 bits per heavy atom. The molecule has 1 aliphatic rings. The molecule has 1 unspecified atom stereocenters. The number of rotatable bonds is 5. The predicted molar refractivity (Wildman–Crippen MR) is 80.4 cm³/mol. The first kappa shape index (κ1) is 14.2. The molecule has 1 amide bonds. The molecule has 2 aromatic rings. The normalized spacial score (nSPS) is 18.0. The first-order valence-corrected chi connectivity index (χ1v) is 7.79. The fourth-order valence-electron chi connectivity index (χ4n) is 2.32. The van der Waals surface area contributed by atoms with Crippen LogP contribution in [-0.2, 0) is 11.3 Å². The number of nitrogens with zero attached hydrogens (tertiary/aromatic N) is 1. The Morgan fingerprint density at radius 3 is 2.90 bits per heavy atom. The number of aromatic nitrogens is 1. The summed E-state index contributed by atoms with van der Waals surface area (Å²) in [6.45, 7) is 1.43. The third-order valence-electron chi connectivity index (χ3n) is 3.42. The number of amides is 1. The van der Waals surface area contributed by atoms with Crippen LogP contribution in [0.1, 0.15) is 18.5 Å². The Hall–Kier alpha value is -1.79. The van der Waals surface area contributed by atoms with Crippen molar-refractivity contribution >= 4 is 17.2 Å². The number of halogens is 1. The van der Waals surface area contributed by atoms with E-state index in [1.54, 1.807) is 23.5 Å². The van der Waals surface area contributed by atoms with Gasteiger partial charge < -0.3 is 10.6 Å². The van der Waals surface area contributed by atoms with Crippen LogP contribution in [0.5, 0.6) is 0 Å². The molecule has 4 nitrogen and oxygen atoms in total. The third-order valence-corrected chi connectivity index (χ3v) is 4.36. The first-order chi connectivity index (χ1) is 10.2. The Morgan fingerprint density at radius 1 is 1.38 bits per heavy atom. The van der Waals surface area contributed by atoms with E-state index in [1.807, 2.05) is 5.38 Å². The maximum Gasteiger partial charge on any atom is 0.220 e.